The summed E-state index contributed by atoms with van der Waals surface area (Å²) in [5.41, 5.74) is 12.6. The molecule has 1 saturated heterocycles. The second-order valence-corrected chi connectivity index (χ2v) is 4.70. The Morgan fingerprint density at radius 1 is 1.62 bits per heavy atom. The molecule has 1 aromatic rings. The lowest BCUT2D eigenvalue weighted by Gasteiger charge is -2.11. The molecule has 0 radical (unpaired) electrons. The van der Waals surface area contributed by atoms with Crippen LogP contribution in [0.1, 0.15) is 11.7 Å². The maximum absolute atomic E-state index is 5.91. The molecule has 5 heteroatoms. The van der Waals surface area contributed by atoms with E-state index in [1.54, 1.807) is 0 Å². The Bertz CT molecular complexity index is 337. The number of hydrogen-bond donors (Lipinski definition) is 3. The summed E-state index contributed by atoms with van der Waals surface area (Å²) in [6.07, 6.45) is 0. The Labute approximate surface area is 80.3 Å². The summed E-state index contributed by atoms with van der Waals surface area (Å²) in [5.74, 6) is 1.27. The highest BCUT2D eigenvalue weighted by molar-refractivity contribution is 7.13. The van der Waals surface area contributed by atoms with Crippen LogP contribution >= 0.6 is 11.3 Å². The predicted molar refractivity (Wildman–Crippen MR) is 52.2 cm³/mol. The number of anilines is 1. The van der Waals surface area contributed by atoms with E-state index in [1.165, 1.54) is 11.3 Å². The molecule has 1 aromatic heterocycles. The Kier molecular flexibility index (Phi) is 1.45. The molecular formula is C8H12N4S. The highest BCUT2D eigenvalue weighted by Gasteiger charge is 2.57. The molecule has 3 rings (SSSR count). The van der Waals surface area contributed by atoms with Crippen molar-refractivity contribution in [3.05, 3.63) is 11.1 Å². The molecule has 13 heavy (non-hydrogen) atoms. The summed E-state index contributed by atoms with van der Waals surface area (Å²) in [6.45, 7) is 1.04. The fraction of sp³-hybridized carbons (Fsp3) is 0.625. The van der Waals surface area contributed by atoms with Crippen LogP contribution < -0.4 is 16.8 Å². The lowest BCUT2D eigenvalue weighted by molar-refractivity contribution is 0.527. The standard InChI is InChI=1S/C8H12N4S/c9-6-3-1-11-7(5(3)6)4-2-13-8(10)12-4/h2-3,5-7,11H,1,9H2,(H2,10,12). The summed E-state index contributed by atoms with van der Waals surface area (Å²) in [7, 11) is 0. The zero-order chi connectivity index (χ0) is 9.00. The number of nitrogens with zero attached hydrogens (tertiary/aromatic N) is 1. The number of piperidine rings is 1. The van der Waals surface area contributed by atoms with Crippen LogP contribution in [0.3, 0.4) is 0 Å². The van der Waals surface area contributed by atoms with Crippen molar-refractivity contribution >= 4 is 16.5 Å². The number of rotatable bonds is 1. The van der Waals surface area contributed by atoms with Crippen LogP contribution in [0.5, 0.6) is 0 Å². The van der Waals surface area contributed by atoms with Crippen LogP contribution in [-0.4, -0.2) is 17.6 Å². The van der Waals surface area contributed by atoms with Crippen molar-refractivity contribution in [2.24, 2.45) is 17.6 Å². The minimum absolute atomic E-state index is 0.355. The Balaban J connectivity index is 1.86. The first-order valence-corrected chi connectivity index (χ1v) is 5.35. The van der Waals surface area contributed by atoms with Gasteiger partial charge in [0.2, 0.25) is 0 Å². The van der Waals surface area contributed by atoms with Gasteiger partial charge in [0.25, 0.3) is 0 Å². The van der Waals surface area contributed by atoms with E-state index in [4.69, 9.17) is 11.5 Å². The normalized spacial score (nSPS) is 41.9. The first kappa shape index (κ1) is 7.73. The maximum atomic E-state index is 5.91. The molecule has 2 fully saturated rings. The van der Waals surface area contributed by atoms with Gasteiger partial charge in [-0.1, -0.05) is 0 Å². The third kappa shape index (κ3) is 1.01. The molecular weight excluding hydrogens is 184 g/mol. The molecule has 1 saturated carbocycles. The first-order valence-electron chi connectivity index (χ1n) is 4.47. The third-order valence-electron chi connectivity index (χ3n) is 3.11. The highest BCUT2D eigenvalue weighted by atomic mass is 32.1. The minimum atomic E-state index is 0.355. The van der Waals surface area contributed by atoms with Gasteiger partial charge in [-0.15, -0.1) is 11.3 Å². The minimum Gasteiger partial charge on any atom is -0.375 e. The molecule has 4 nitrogen and oxygen atoms in total. The topological polar surface area (TPSA) is 77.0 Å². The second-order valence-electron chi connectivity index (χ2n) is 3.82. The number of aromatic nitrogens is 1. The lowest BCUT2D eigenvalue weighted by atomic mass is 10.1. The summed E-state index contributed by atoms with van der Waals surface area (Å²) in [6, 6.07) is 0.739. The van der Waals surface area contributed by atoms with Gasteiger partial charge in [0.1, 0.15) is 0 Å². The van der Waals surface area contributed by atoms with Crippen molar-refractivity contribution in [3.63, 3.8) is 0 Å². The van der Waals surface area contributed by atoms with E-state index in [1.807, 2.05) is 5.38 Å². The van der Waals surface area contributed by atoms with Crippen molar-refractivity contribution < 1.29 is 0 Å². The molecule has 4 unspecified atom stereocenters. The SMILES string of the molecule is Nc1nc(C2NCC3C(N)C23)cs1. The predicted octanol–water partition coefficient (Wildman–Crippen LogP) is -0.0571. The average molecular weight is 196 g/mol. The van der Waals surface area contributed by atoms with Crippen LogP contribution in [0, 0.1) is 11.8 Å². The number of hydrogen-bond acceptors (Lipinski definition) is 5. The molecule has 0 bridgehead atoms. The molecule has 5 N–H and O–H groups in total. The maximum Gasteiger partial charge on any atom is 0.180 e. The van der Waals surface area contributed by atoms with Gasteiger partial charge >= 0.3 is 0 Å². The number of nitrogen functional groups attached to an aromatic ring is 1. The molecule has 2 heterocycles. The van der Waals surface area contributed by atoms with Gasteiger partial charge in [-0.05, 0) is 5.92 Å². The molecule has 1 aliphatic carbocycles. The van der Waals surface area contributed by atoms with Gasteiger partial charge in [0.15, 0.2) is 5.13 Å². The van der Waals surface area contributed by atoms with E-state index in [2.05, 4.69) is 10.3 Å². The fourth-order valence-electron chi connectivity index (χ4n) is 2.31. The Morgan fingerprint density at radius 3 is 3.00 bits per heavy atom. The van der Waals surface area contributed by atoms with Crippen LogP contribution in [0.2, 0.25) is 0 Å². The van der Waals surface area contributed by atoms with Crippen LogP contribution in [0.4, 0.5) is 5.13 Å². The fourth-order valence-corrected chi connectivity index (χ4v) is 2.91. The first-order chi connectivity index (χ1) is 6.27. The molecule has 1 aliphatic heterocycles. The largest absolute Gasteiger partial charge is 0.375 e. The van der Waals surface area contributed by atoms with Gasteiger partial charge in [-0.3, -0.25) is 0 Å². The van der Waals surface area contributed by atoms with Crippen molar-refractivity contribution in [2.45, 2.75) is 12.1 Å². The third-order valence-corrected chi connectivity index (χ3v) is 3.80. The number of nitrogens with two attached hydrogens (primary N) is 2. The Morgan fingerprint density at radius 2 is 2.46 bits per heavy atom. The highest BCUT2D eigenvalue weighted by Crippen LogP contribution is 2.50. The van der Waals surface area contributed by atoms with E-state index in [9.17, 15) is 0 Å². The number of thiazole rings is 1. The van der Waals surface area contributed by atoms with Gasteiger partial charge in [0, 0.05) is 23.9 Å². The monoisotopic (exact) mass is 196 g/mol. The van der Waals surface area contributed by atoms with E-state index < -0.39 is 0 Å². The second kappa shape index (κ2) is 2.43. The lowest BCUT2D eigenvalue weighted by Crippen LogP contribution is -2.25. The molecule has 70 valence electrons. The van der Waals surface area contributed by atoms with Crippen LogP contribution in [-0.2, 0) is 0 Å². The van der Waals surface area contributed by atoms with Crippen molar-refractivity contribution in [2.75, 3.05) is 12.3 Å². The molecule has 0 aromatic carbocycles. The van der Waals surface area contributed by atoms with Gasteiger partial charge in [-0.2, -0.15) is 0 Å². The summed E-state index contributed by atoms with van der Waals surface area (Å²) in [4.78, 5) is 4.28. The van der Waals surface area contributed by atoms with Crippen molar-refractivity contribution in [1.82, 2.24) is 10.3 Å². The number of fused-ring (bicyclic) bond motifs is 1. The Hall–Kier alpha value is -0.650. The summed E-state index contributed by atoms with van der Waals surface area (Å²) < 4.78 is 0. The van der Waals surface area contributed by atoms with Gasteiger partial charge < -0.3 is 16.8 Å². The molecule has 0 spiro atoms. The van der Waals surface area contributed by atoms with E-state index in [-0.39, 0.29) is 0 Å². The summed E-state index contributed by atoms with van der Waals surface area (Å²) >= 11 is 1.50. The van der Waals surface area contributed by atoms with Crippen molar-refractivity contribution in [1.29, 1.82) is 0 Å². The zero-order valence-corrected chi connectivity index (χ0v) is 7.92. The smallest absolute Gasteiger partial charge is 0.180 e. The zero-order valence-electron chi connectivity index (χ0n) is 7.10. The van der Waals surface area contributed by atoms with Gasteiger partial charge in [0.05, 0.1) is 11.7 Å². The van der Waals surface area contributed by atoms with E-state index >= 15 is 0 Å². The molecule has 4 atom stereocenters. The quantitative estimate of drug-likeness (QED) is 0.588. The van der Waals surface area contributed by atoms with E-state index in [0.717, 1.165) is 12.2 Å². The molecule has 2 aliphatic rings. The van der Waals surface area contributed by atoms with E-state index in [0.29, 0.717) is 29.1 Å². The van der Waals surface area contributed by atoms with Gasteiger partial charge in [-0.25, -0.2) is 4.98 Å². The molecule has 0 amide bonds. The van der Waals surface area contributed by atoms with Crippen LogP contribution in [0.25, 0.3) is 0 Å². The number of nitrogens with one attached hydrogen (secondary N) is 1. The van der Waals surface area contributed by atoms with Crippen molar-refractivity contribution in [3.8, 4) is 0 Å². The van der Waals surface area contributed by atoms with Crippen LogP contribution in [0.15, 0.2) is 5.38 Å². The summed E-state index contributed by atoms with van der Waals surface area (Å²) in [5, 5.41) is 6.10. The average Bonchev–Trinajstić information content (AvgIpc) is 2.58.